The molecule has 0 bridgehead atoms. The highest BCUT2D eigenvalue weighted by atomic mass is 16.6. The first-order valence-electron chi connectivity index (χ1n) is 7.12. The molecule has 0 fully saturated rings. The molecule has 0 spiro atoms. The third-order valence-electron chi connectivity index (χ3n) is 3.45. The van der Waals surface area contributed by atoms with Crippen molar-refractivity contribution in [1.29, 1.82) is 0 Å². The summed E-state index contributed by atoms with van der Waals surface area (Å²) < 4.78 is 5.12. The highest BCUT2D eigenvalue weighted by Gasteiger charge is 2.36. The molecule has 9 heteroatoms. The van der Waals surface area contributed by atoms with E-state index in [1.54, 1.807) is 12.1 Å². The summed E-state index contributed by atoms with van der Waals surface area (Å²) in [6.07, 6.45) is 0. The number of amides is 3. The highest BCUT2D eigenvalue weighted by molar-refractivity contribution is 6.21. The number of para-hydroxylation sites is 2. The van der Waals surface area contributed by atoms with Gasteiger partial charge in [0.15, 0.2) is 12.4 Å². The van der Waals surface area contributed by atoms with Crippen LogP contribution in [0.5, 0.6) is 5.75 Å². The van der Waals surface area contributed by atoms with E-state index in [4.69, 9.17) is 4.74 Å². The summed E-state index contributed by atoms with van der Waals surface area (Å²) >= 11 is 0. The lowest BCUT2D eigenvalue weighted by atomic mass is 10.1. The summed E-state index contributed by atoms with van der Waals surface area (Å²) in [6.45, 7) is -0.599. The second-order valence-electron chi connectivity index (χ2n) is 5.04. The van der Waals surface area contributed by atoms with E-state index in [1.807, 2.05) is 0 Å². The summed E-state index contributed by atoms with van der Waals surface area (Å²) in [4.78, 5) is 46.4. The fraction of sp³-hybridized carbons (Fsp3) is 0.0625. The van der Waals surface area contributed by atoms with Crippen LogP contribution in [0.1, 0.15) is 20.7 Å². The van der Waals surface area contributed by atoms with Crippen molar-refractivity contribution in [2.45, 2.75) is 0 Å². The van der Waals surface area contributed by atoms with Gasteiger partial charge in [0.2, 0.25) is 0 Å². The Bertz CT molecular complexity index is 860. The molecular weight excluding hydrogens is 330 g/mol. The molecule has 0 atom stereocenters. The molecule has 3 rings (SSSR count). The van der Waals surface area contributed by atoms with Crippen LogP contribution in [0.25, 0.3) is 0 Å². The molecule has 1 N–H and O–H groups in total. The third kappa shape index (κ3) is 3.02. The zero-order valence-corrected chi connectivity index (χ0v) is 12.7. The molecule has 9 nitrogen and oxygen atoms in total. The summed E-state index contributed by atoms with van der Waals surface area (Å²) in [5, 5.41) is 11.5. The van der Waals surface area contributed by atoms with Crippen LogP contribution in [0.3, 0.4) is 0 Å². The molecule has 0 aromatic heterocycles. The largest absolute Gasteiger partial charge is 0.477 e. The minimum absolute atomic E-state index is 0.0926. The van der Waals surface area contributed by atoms with Gasteiger partial charge >= 0.3 is 5.69 Å². The number of benzene rings is 2. The van der Waals surface area contributed by atoms with Crippen molar-refractivity contribution < 1.29 is 24.0 Å². The zero-order chi connectivity index (χ0) is 18.0. The van der Waals surface area contributed by atoms with Gasteiger partial charge in [-0.05, 0) is 18.2 Å². The zero-order valence-electron chi connectivity index (χ0n) is 12.7. The number of imide groups is 1. The number of nitrogens with zero attached hydrogens (tertiary/aromatic N) is 2. The number of carbonyl (C=O) groups is 3. The Kier molecular flexibility index (Phi) is 4.12. The summed E-state index contributed by atoms with van der Waals surface area (Å²) in [6, 6.07) is 11.7. The molecule has 25 heavy (non-hydrogen) atoms. The molecule has 2 aromatic rings. The van der Waals surface area contributed by atoms with Crippen molar-refractivity contribution in [1.82, 2.24) is 10.4 Å². The maximum atomic E-state index is 12.1. The van der Waals surface area contributed by atoms with Gasteiger partial charge in [0.1, 0.15) is 0 Å². The molecule has 0 saturated heterocycles. The van der Waals surface area contributed by atoms with Gasteiger partial charge in [-0.15, -0.1) is 0 Å². The van der Waals surface area contributed by atoms with E-state index in [2.05, 4.69) is 5.43 Å². The standard InChI is InChI=1S/C16H11N3O6/c20-14(9-25-13-8-4-3-7-12(13)19(23)24)17-18-15(21)10-5-1-2-6-11(10)16(18)22/h1-8H,9H2,(H,17,20). The van der Waals surface area contributed by atoms with E-state index in [-0.39, 0.29) is 22.6 Å². The first-order valence-corrected chi connectivity index (χ1v) is 7.12. The quantitative estimate of drug-likeness (QED) is 0.497. The Labute approximate surface area is 140 Å². The van der Waals surface area contributed by atoms with Crippen LogP contribution in [-0.4, -0.2) is 34.3 Å². The van der Waals surface area contributed by atoms with Crippen molar-refractivity contribution in [3.63, 3.8) is 0 Å². The molecule has 1 heterocycles. The molecule has 2 aromatic carbocycles. The third-order valence-corrected chi connectivity index (χ3v) is 3.45. The number of fused-ring (bicyclic) bond motifs is 1. The number of nitro benzene ring substituents is 1. The maximum Gasteiger partial charge on any atom is 0.310 e. The van der Waals surface area contributed by atoms with E-state index in [0.29, 0.717) is 5.01 Å². The van der Waals surface area contributed by atoms with E-state index < -0.39 is 29.3 Å². The number of ether oxygens (including phenoxy) is 1. The Morgan fingerprint density at radius 3 is 2.20 bits per heavy atom. The van der Waals surface area contributed by atoms with Crippen LogP contribution < -0.4 is 10.2 Å². The van der Waals surface area contributed by atoms with Crippen molar-refractivity contribution in [2.24, 2.45) is 0 Å². The predicted molar refractivity (Wildman–Crippen MR) is 83.7 cm³/mol. The fourth-order valence-electron chi connectivity index (χ4n) is 2.32. The number of nitro groups is 1. The smallest absolute Gasteiger partial charge is 0.310 e. The van der Waals surface area contributed by atoms with Gasteiger partial charge in [0.25, 0.3) is 17.7 Å². The van der Waals surface area contributed by atoms with Gasteiger partial charge in [-0.3, -0.25) is 29.9 Å². The second kappa shape index (κ2) is 6.40. The number of nitrogens with one attached hydrogen (secondary N) is 1. The van der Waals surface area contributed by atoms with Gasteiger partial charge in [0.05, 0.1) is 16.1 Å². The minimum Gasteiger partial charge on any atom is -0.477 e. The Morgan fingerprint density at radius 1 is 1.04 bits per heavy atom. The molecule has 0 unspecified atom stereocenters. The van der Waals surface area contributed by atoms with Gasteiger partial charge in [-0.25, -0.2) is 0 Å². The van der Waals surface area contributed by atoms with Gasteiger partial charge < -0.3 is 4.74 Å². The number of rotatable bonds is 5. The molecule has 1 aliphatic heterocycles. The Morgan fingerprint density at radius 2 is 1.60 bits per heavy atom. The lowest BCUT2D eigenvalue weighted by Crippen LogP contribution is -2.47. The van der Waals surface area contributed by atoms with Crippen molar-refractivity contribution in [3.05, 3.63) is 69.8 Å². The van der Waals surface area contributed by atoms with Crippen LogP contribution in [0.15, 0.2) is 48.5 Å². The van der Waals surface area contributed by atoms with Gasteiger partial charge in [0, 0.05) is 6.07 Å². The number of hydrazine groups is 1. The molecule has 126 valence electrons. The molecule has 1 aliphatic rings. The molecule has 3 amide bonds. The normalized spacial score (nSPS) is 12.7. The average Bonchev–Trinajstić information content (AvgIpc) is 2.85. The van der Waals surface area contributed by atoms with Crippen LogP contribution in [0, 0.1) is 10.1 Å². The summed E-state index contributed by atoms with van der Waals surface area (Å²) in [5.74, 6) is -2.20. The number of hydrogen-bond acceptors (Lipinski definition) is 6. The van der Waals surface area contributed by atoms with E-state index >= 15 is 0 Å². The SMILES string of the molecule is O=C(COc1ccccc1[N+](=O)[O-])NN1C(=O)c2ccccc2C1=O. The first-order chi connectivity index (χ1) is 12.0. The highest BCUT2D eigenvalue weighted by Crippen LogP contribution is 2.25. The van der Waals surface area contributed by atoms with Gasteiger partial charge in [-0.1, -0.05) is 24.3 Å². The predicted octanol–water partition coefficient (Wildman–Crippen LogP) is 1.30. The minimum atomic E-state index is -0.798. The van der Waals surface area contributed by atoms with Crippen LogP contribution in [0.4, 0.5) is 5.69 Å². The van der Waals surface area contributed by atoms with Gasteiger partial charge in [-0.2, -0.15) is 5.01 Å². The summed E-state index contributed by atoms with van der Waals surface area (Å²) in [7, 11) is 0. The molecule has 0 radical (unpaired) electrons. The first kappa shape index (κ1) is 16.1. The Hall–Kier alpha value is -3.75. The fourth-order valence-corrected chi connectivity index (χ4v) is 2.32. The maximum absolute atomic E-state index is 12.1. The van der Waals surface area contributed by atoms with Crippen molar-refractivity contribution in [3.8, 4) is 5.75 Å². The van der Waals surface area contributed by atoms with Crippen LogP contribution >= 0.6 is 0 Å². The Balaban J connectivity index is 1.66. The monoisotopic (exact) mass is 341 g/mol. The van der Waals surface area contributed by atoms with Crippen molar-refractivity contribution in [2.75, 3.05) is 6.61 Å². The number of hydrogen-bond donors (Lipinski definition) is 1. The second-order valence-corrected chi connectivity index (χ2v) is 5.04. The van der Waals surface area contributed by atoms with Crippen molar-refractivity contribution >= 4 is 23.4 Å². The average molecular weight is 341 g/mol. The van der Waals surface area contributed by atoms with E-state index in [9.17, 15) is 24.5 Å². The molecule has 0 aliphatic carbocycles. The molecule has 0 saturated carbocycles. The van der Waals surface area contributed by atoms with Crippen LogP contribution in [-0.2, 0) is 4.79 Å². The topological polar surface area (TPSA) is 119 Å². The lowest BCUT2D eigenvalue weighted by molar-refractivity contribution is -0.385. The summed E-state index contributed by atoms with van der Waals surface area (Å²) in [5.41, 5.74) is 2.22. The lowest BCUT2D eigenvalue weighted by Gasteiger charge is -2.15. The van der Waals surface area contributed by atoms with E-state index in [0.717, 1.165) is 0 Å². The van der Waals surface area contributed by atoms with Crippen LogP contribution in [0.2, 0.25) is 0 Å². The molecular formula is C16H11N3O6. The number of carbonyl (C=O) groups excluding carboxylic acids is 3. The van der Waals surface area contributed by atoms with E-state index in [1.165, 1.54) is 36.4 Å².